The van der Waals surface area contributed by atoms with Crippen LogP contribution in [0.2, 0.25) is 0 Å². The molecule has 24 heavy (non-hydrogen) atoms. The summed E-state index contributed by atoms with van der Waals surface area (Å²) >= 11 is 0. The smallest absolute Gasteiger partial charge is 0.152 e. The SMILES string of the molecule is C=C(C)Cn1nc(C)c2cc(NC3=NCc4cccnc43)ccc21. The largest absolute Gasteiger partial charge is 0.339 e. The Balaban J connectivity index is 1.67. The second-order valence-corrected chi connectivity index (χ2v) is 6.23. The zero-order chi connectivity index (χ0) is 16.7. The molecule has 0 spiro atoms. The maximum absolute atomic E-state index is 4.62. The summed E-state index contributed by atoms with van der Waals surface area (Å²) in [6, 6.07) is 10.3. The second-order valence-electron chi connectivity index (χ2n) is 6.23. The number of rotatable bonds is 3. The number of fused-ring (bicyclic) bond motifs is 2. The van der Waals surface area contributed by atoms with Crippen molar-refractivity contribution in [2.75, 3.05) is 5.32 Å². The standard InChI is InChI=1S/C19H19N5/c1-12(2)11-24-17-7-6-15(9-16(17)13(3)23-24)22-19-18-14(10-21-19)5-4-8-20-18/h4-9H,1,10-11H2,2-3H3,(H,21,22). The Labute approximate surface area is 140 Å². The van der Waals surface area contributed by atoms with Gasteiger partial charge in [-0.25, -0.2) is 0 Å². The van der Waals surface area contributed by atoms with Crippen LogP contribution >= 0.6 is 0 Å². The summed E-state index contributed by atoms with van der Waals surface area (Å²) in [7, 11) is 0. The first kappa shape index (κ1) is 14.6. The van der Waals surface area contributed by atoms with Crippen molar-refractivity contribution in [2.45, 2.75) is 26.9 Å². The Kier molecular flexibility index (Phi) is 3.41. The number of aryl methyl sites for hydroxylation is 1. The molecule has 4 rings (SSSR count). The predicted molar refractivity (Wildman–Crippen MR) is 97.4 cm³/mol. The molecule has 1 aromatic carbocycles. The molecule has 0 amide bonds. The molecular formula is C19H19N5. The number of nitrogens with one attached hydrogen (secondary N) is 1. The molecule has 1 aliphatic heterocycles. The average Bonchev–Trinajstić information content (AvgIpc) is 3.09. The topological polar surface area (TPSA) is 55.1 Å². The molecule has 3 aromatic rings. The van der Waals surface area contributed by atoms with E-state index in [1.54, 1.807) is 6.20 Å². The molecule has 0 radical (unpaired) electrons. The van der Waals surface area contributed by atoms with Gasteiger partial charge in [0.1, 0.15) is 5.69 Å². The van der Waals surface area contributed by atoms with E-state index in [0.717, 1.165) is 51.5 Å². The van der Waals surface area contributed by atoms with Gasteiger partial charge in [-0.1, -0.05) is 18.2 Å². The molecular weight excluding hydrogens is 298 g/mol. The van der Waals surface area contributed by atoms with E-state index >= 15 is 0 Å². The summed E-state index contributed by atoms with van der Waals surface area (Å²) in [5, 5.41) is 9.16. The highest BCUT2D eigenvalue weighted by Gasteiger charge is 2.17. The van der Waals surface area contributed by atoms with Crippen LogP contribution in [0.3, 0.4) is 0 Å². The van der Waals surface area contributed by atoms with Crippen LogP contribution in [0.15, 0.2) is 53.7 Å². The van der Waals surface area contributed by atoms with Gasteiger partial charge in [-0.15, -0.1) is 0 Å². The van der Waals surface area contributed by atoms with E-state index in [9.17, 15) is 0 Å². The fourth-order valence-corrected chi connectivity index (χ4v) is 3.05. The number of pyridine rings is 1. The second kappa shape index (κ2) is 5.60. The number of allylic oxidation sites excluding steroid dienone is 1. The minimum atomic E-state index is 0.684. The molecule has 0 bridgehead atoms. The number of nitrogens with zero attached hydrogens (tertiary/aromatic N) is 4. The minimum absolute atomic E-state index is 0.684. The van der Waals surface area contributed by atoms with Crippen molar-refractivity contribution < 1.29 is 0 Å². The number of aliphatic imine (C=N–C) groups is 1. The van der Waals surface area contributed by atoms with Crippen LogP contribution < -0.4 is 5.32 Å². The van der Waals surface area contributed by atoms with E-state index in [1.807, 2.05) is 24.6 Å². The van der Waals surface area contributed by atoms with Crippen LogP contribution in [0.4, 0.5) is 5.69 Å². The van der Waals surface area contributed by atoms with Crippen molar-refractivity contribution >= 4 is 22.4 Å². The number of hydrogen-bond acceptors (Lipinski definition) is 4. The fourth-order valence-electron chi connectivity index (χ4n) is 3.05. The van der Waals surface area contributed by atoms with Gasteiger partial charge >= 0.3 is 0 Å². The van der Waals surface area contributed by atoms with Crippen LogP contribution in [0, 0.1) is 6.92 Å². The van der Waals surface area contributed by atoms with Crippen LogP contribution in [-0.2, 0) is 13.1 Å². The van der Waals surface area contributed by atoms with Gasteiger partial charge < -0.3 is 5.32 Å². The van der Waals surface area contributed by atoms with E-state index in [-0.39, 0.29) is 0 Å². The zero-order valence-electron chi connectivity index (χ0n) is 13.9. The van der Waals surface area contributed by atoms with Crippen LogP contribution in [0.25, 0.3) is 10.9 Å². The van der Waals surface area contributed by atoms with Crippen LogP contribution in [0.5, 0.6) is 0 Å². The van der Waals surface area contributed by atoms with E-state index in [2.05, 4.69) is 51.2 Å². The zero-order valence-corrected chi connectivity index (χ0v) is 13.9. The quantitative estimate of drug-likeness (QED) is 0.750. The molecule has 0 saturated carbocycles. The highest BCUT2D eigenvalue weighted by Crippen LogP contribution is 2.24. The first-order valence-corrected chi connectivity index (χ1v) is 7.99. The van der Waals surface area contributed by atoms with Crippen LogP contribution in [0.1, 0.15) is 23.9 Å². The lowest BCUT2D eigenvalue weighted by molar-refractivity contribution is 0.695. The van der Waals surface area contributed by atoms with Crippen molar-refractivity contribution in [3.8, 4) is 0 Å². The van der Waals surface area contributed by atoms with Gasteiger partial charge in [0, 0.05) is 22.8 Å². The number of anilines is 1. The summed E-state index contributed by atoms with van der Waals surface area (Å²) < 4.78 is 2.00. The number of hydrogen-bond donors (Lipinski definition) is 1. The molecule has 0 atom stereocenters. The summed E-state index contributed by atoms with van der Waals surface area (Å²) in [5.74, 6) is 0.830. The Morgan fingerprint density at radius 1 is 1.33 bits per heavy atom. The normalized spacial score (nSPS) is 13.0. The maximum Gasteiger partial charge on any atom is 0.152 e. The molecule has 0 aliphatic carbocycles. The molecule has 0 unspecified atom stereocenters. The average molecular weight is 317 g/mol. The first-order valence-electron chi connectivity index (χ1n) is 7.99. The third-order valence-electron chi connectivity index (χ3n) is 4.14. The van der Waals surface area contributed by atoms with Gasteiger partial charge in [0.25, 0.3) is 0 Å². The van der Waals surface area contributed by atoms with E-state index in [4.69, 9.17) is 0 Å². The molecule has 1 aliphatic rings. The molecule has 5 heteroatoms. The Bertz CT molecular complexity index is 981. The van der Waals surface area contributed by atoms with Gasteiger partial charge in [0.05, 0.1) is 24.3 Å². The highest BCUT2D eigenvalue weighted by atomic mass is 15.3. The molecule has 120 valence electrons. The van der Waals surface area contributed by atoms with Gasteiger partial charge in [-0.2, -0.15) is 5.10 Å². The molecule has 1 N–H and O–H groups in total. The summed E-state index contributed by atoms with van der Waals surface area (Å²) in [4.78, 5) is 8.99. The van der Waals surface area contributed by atoms with Crippen molar-refractivity contribution in [1.82, 2.24) is 14.8 Å². The van der Waals surface area contributed by atoms with Crippen molar-refractivity contribution in [3.63, 3.8) is 0 Å². The molecule has 0 saturated heterocycles. The van der Waals surface area contributed by atoms with Gasteiger partial charge in [-0.05, 0) is 38.1 Å². The lowest BCUT2D eigenvalue weighted by atomic mass is 10.2. The third-order valence-corrected chi connectivity index (χ3v) is 4.14. The van der Waals surface area contributed by atoms with Crippen molar-refractivity contribution in [1.29, 1.82) is 0 Å². The molecule has 3 heterocycles. The van der Waals surface area contributed by atoms with Crippen molar-refractivity contribution in [2.24, 2.45) is 4.99 Å². The van der Waals surface area contributed by atoms with Crippen LogP contribution in [-0.4, -0.2) is 20.6 Å². The van der Waals surface area contributed by atoms with E-state index < -0.39 is 0 Å². The number of amidine groups is 1. The Morgan fingerprint density at radius 3 is 3.04 bits per heavy atom. The fraction of sp³-hybridized carbons (Fsp3) is 0.211. The number of benzene rings is 1. The monoisotopic (exact) mass is 317 g/mol. The Hall–Kier alpha value is -2.95. The summed E-state index contributed by atoms with van der Waals surface area (Å²) in [6.07, 6.45) is 1.80. The van der Waals surface area contributed by atoms with Gasteiger partial charge in [-0.3, -0.25) is 14.7 Å². The molecule has 5 nitrogen and oxygen atoms in total. The number of aromatic nitrogens is 3. The first-order chi connectivity index (χ1) is 11.6. The minimum Gasteiger partial charge on any atom is -0.339 e. The third kappa shape index (κ3) is 2.48. The summed E-state index contributed by atoms with van der Waals surface area (Å²) in [6.45, 7) is 9.45. The van der Waals surface area contributed by atoms with Crippen molar-refractivity contribution in [3.05, 3.63) is 65.6 Å². The van der Waals surface area contributed by atoms with E-state index in [0.29, 0.717) is 6.54 Å². The highest BCUT2D eigenvalue weighted by molar-refractivity contribution is 6.09. The molecule has 0 fully saturated rings. The molecule has 2 aromatic heterocycles. The summed E-state index contributed by atoms with van der Waals surface area (Å²) in [5.41, 5.74) is 6.32. The Morgan fingerprint density at radius 2 is 2.21 bits per heavy atom. The maximum atomic E-state index is 4.62. The predicted octanol–water partition coefficient (Wildman–Crippen LogP) is 3.69. The lowest BCUT2D eigenvalue weighted by Gasteiger charge is -2.08. The lowest BCUT2D eigenvalue weighted by Crippen LogP contribution is -2.13. The van der Waals surface area contributed by atoms with Gasteiger partial charge in [0.15, 0.2) is 5.84 Å². The van der Waals surface area contributed by atoms with Gasteiger partial charge in [0.2, 0.25) is 0 Å². The van der Waals surface area contributed by atoms with E-state index in [1.165, 1.54) is 0 Å².